The van der Waals surface area contributed by atoms with Gasteiger partial charge < -0.3 is 0 Å². The van der Waals surface area contributed by atoms with Crippen LogP contribution in [0.1, 0.15) is 27.2 Å². The van der Waals surface area contributed by atoms with Crippen LogP contribution in [0.2, 0.25) is 0 Å². The normalized spacial score (nSPS) is 21.3. The molecule has 0 saturated heterocycles. The molecule has 0 aromatic carbocycles. The van der Waals surface area contributed by atoms with Crippen molar-refractivity contribution in [2.24, 2.45) is 5.41 Å². The average Bonchev–Trinajstić information content (AvgIpc) is 1.95. The highest BCUT2D eigenvalue weighted by molar-refractivity contribution is 6.05. The lowest BCUT2D eigenvalue weighted by atomic mass is 9.71. The highest BCUT2D eigenvalue weighted by Crippen LogP contribution is 2.40. The minimum Gasteiger partial charge on any atom is -0.290 e. The quantitative estimate of drug-likeness (QED) is 0.561. The van der Waals surface area contributed by atoms with Crippen LogP contribution < -0.4 is 0 Å². The van der Waals surface area contributed by atoms with Crippen molar-refractivity contribution >= 4 is 5.78 Å². The van der Waals surface area contributed by atoms with E-state index in [1.165, 1.54) is 0 Å². The Balaban J connectivity index is 3.18. The summed E-state index contributed by atoms with van der Waals surface area (Å²) in [4.78, 5) is 11.4. The molecule has 0 radical (unpaired) electrons. The van der Waals surface area contributed by atoms with Crippen LogP contribution in [0.3, 0.4) is 0 Å². The van der Waals surface area contributed by atoms with Crippen LogP contribution in [0.5, 0.6) is 0 Å². The van der Waals surface area contributed by atoms with E-state index in [1.54, 1.807) is 6.08 Å². The zero-order valence-electron chi connectivity index (χ0n) is 8.61. The van der Waals surface area contributed by atoms with Crippen molar-refractivity contribution in [3.63, 3.8) is 0 Å². The van der Waals surface area contributed by atoms with Crippen molar-refractivity contribution in [2.45, 2.75) is 27.2 Å². The molecule has 0 fully saturated rings. The second-order valence-electron chi connectivity index (χ2n) is 4.37. The van der Waals surface area contributed by atoms with E-state index in [2.05, 4.69) is 27.0 Å². The Hall–Kier alpha value is -1.11. The van der Waals surface area contributed by atoms with Gasteiger partial charge in [0.15, 0.2) is 5.78 Å². The monoisotopic (exact) mass is 176 g/mol. The number of carbonyl (C=O) groups is 1. The Kier molecular flexibility index (Phi) is 2.29. The Bertz CT molecular complexity index is 316. The molecule has 0 aromatic heterocycles. The first-order valence-electron chi connectivity index (χ1n) is 4.45. The molecule has 0 saturated carbocycles. The standard InChI is InChI=1S/C12H16O/c1-8(2)10-6-11(13)9(3)7-12(10,4)5/h6H,1,3,7H2,2,4-5H3. The number of ketones is 1. The molecular weight excluding hydrogens is 160 g/mol. The van der Waals surface area contributed by atoms with E-state index in [-0.39, 0.29) is 11.2 Å². The summed E-state index contributed by atoms with van der Waals surface area (Å²) >= 11 is 0. The van der Waals surface area contributed by atoms with Crippen molar-refractivity contribution in [3.05, 3.63) is 36.0 Å². The predicted octanol–water partition coefficient (Wildman–Crippen LogP) is 3.04. The largest absolute Gasteiger partial charge is 0.290 e. The third-order valence-electron chi connectivity index (χ3n) is 2.47. The molecular formula is C12H16O. The zero-order valence-corrected chi connectivity index (χ0v) is 8.61. The summed E-state index contributed by atoms with van der Waals surface area (Å²) in [6.45, 7) is 13.8. The summed E-state index contributed by atoms with van der Waals surface area (Å²) in [5.41, 5.74) is 2.75. The molecule has 70 valence electrons. The summed E-state index contributed by atoms with van der Waals surface area (Å²) in [7, 11) is 0. The van der Waals surface area contributed by atoms with Crippen LogP contribution in [-0.4, -0.2) is 5.78 Å². The Morgan fingerprint density at radius 2 is 2.08 bits per heavy atom. The van der Waals surface area contributed by atoms with E-state index in [0.717, 1.165) is 17.6 Å². The third kappa shape index (κ3) is 1.80. The summed E-state index contributed by atoms with van der Waals surface area (Å²) in [5, 5.41) is 0. The fourth-order valence-electron chi connectivity index (χ4n) is 1.85. The molecule has 0 heterocycles. The van der Waals surface area contributed by atoms with Crippen molar-refractivity contribution in [1.29, 1.82) is 0 Å². The second-order valence-corrected chi connectivity index (χ2v) is 4.37. The number of hydrogen-bond donors (Lipinski definition) is 0. The summed E-state index contributed by atoms with van der Waals surface area (Å²) < 4.78 is 0. The summed E-state index contributed by atoms with van der Waals surface area (Å²) in [5.74, 6) is 0.0531. The van der Waals surface area contributed by atoms with Crippen LogP contribution in [0, 0.1) is 5.41 Å². The van der Waals surface area contributed by atoms with E-state index < -0.39 is 0 Å². The van der Waals surface area contributed by atoms with Gasteiger partial charge in [0.2, 0.25) is 0 Å². The lowest BCUT2D eigenvalue weighted by Crippen LogP contribution is -2.24. The number of hydrogen-bond acceptors (Lipinski definition) is 1. The third-order valence-corrected chi connectivity index (χ3v) is 2.47. The van der Waals surface area contributed by atoms with Crippen molar-refractivity contribution in [3.8, 4) is 0 Å². The lowest BCUT2D eigenvalue weighted by molar-refractivity contribution is -0.112. The van der Waals surface area contributed by atoms with Crippen LogP contribution in [-0.2, 0) is 4.79 Å². The Morgan fingerprint density at radius 3 is 2.54 bits per heavy atom. The van der Waals surface area contributed by atoms with Gasteiger partial charge in [0.05, 0.1) is 0 Å². The molecule has 1 nitrogen and oxygen atoms in total. The molecule has 1 heteroatoms. The number of allylic oxidation sites excluding steroid dienone is 4. The van der Waals surface area contributed by atoms with E-state index in [4.69, 9.17) is 0 Å². The van der Waals surface area contributed by atoms with Gasteiger partial charge in [-0.1, -0.05) is 32.6 Å². The van der Waals surface area contributed by atoms with Gasteiger partial charge in [0.1, 0.15) is 0 Å². The highest BCUT2D eigenvalue weighted by atomic mass is 16.1. The summed E-state index contributed by atoms with van der Waals surface area (Å²) in [6, 6.07) is 0. The molecule has 0 amide bonds. The molecule has 0 unspecified atom stereocenters. The highest BCUT2D eigenvalue weighted by Gasteiger charge is 2.30. The average molecular weight is 176 g/mol. The van der Waals surface area contributed by atoms with Crippen LogP contribution in [0.15, 0.2) is 36.0 Å². The predicted molar refractivity (Wildman–Crippen MR) is 55.4 cm³/mol. The van der Waals surface area contributed by atoms with Gasteiger partial charge in [-0.3, -0.25) is 4.79 Å². The molecule has 0 spiro atoms. The number of rotatable bonds is 1. The maximum atomic E-state index is 11.4. The van der Waals surface area contributed by atoms with Gasteiger partial charge in [0, 0.05) is 0 Å². The molecule has 0 bridgehead atoms. The van der Waals surface area contributed by atoms with Crippen LogP contribution >= 0.6 is 0 Å². The van der Waals surface area contributed by atoms with E-state index in [9.17, 15) is 4.79 Å². The van der Waals surface area contributed by atoms with Gasteiger partial charge in [-0.05, 0) is 36.0 Å². The minimum absolute atomic E-state index is 0.0107. The molecule has 13 heavy (non-hydrogen) atoms. The van der Waals surface area contributed by atoms with Gasteiger partial charge >= 0.3 is 0 Å². The van der Waals surface area contributed by atoms with Crippen molar-refractivity contribution in [1.82, 2.24) is 0 Å². The van der Waals surface area contributed by atoms with Crippen molar-refractivity contribution in [2.75, 3.05) is 0 Å². The maximum Gasteiger partial charge on any atom is 0.181 e. The Morgan fingerprint density at radius 1 is 1.54 bits per heavy atom. The second kappa shape index (κ2) is 2.99. The first-order valence-corrected chi connectivity index (χ1v) is 4.45. The fourth-order valence-corrected chi connectivity index (χ4v) is 1.85. The maximum absolute atomic E-state index is 11.4. The van der Waals surface area contributed by atoms with E-state index >= 15 is 0 Å². The van der Waals surface area contributed by atoms with Crippen LogP contribution in [0.4, 0.5) is 0 Å². The Labute approximate surface area is 79.8 Å². The lowest BCUT2D eigenvalue weighted by Gasteiger charge is -2.32. The van der Waals surface area contributed by atoms with Gasteiger partial charge in [-0.25, -0.2) is 0 Å². The van der Waals surface area contributed by atoms with Gasteiger partial charge in [-0.2, -0.15) is 0 Å². The zero-order chi connectivity index (χ0) is 10.2. The molecule has 0 aromatic rings. The minimum atomic E-state index is 0.0107. The molecule has 1 aliphatic rings. The van der Waals surface area contributed by atoms with E-state index in [0.29, 0.717) is 5.57 Å². The smallest absolute Gasteiger partial charge is 0.181 e. The first kappa shape index (κ1) is 9.97. The van der Waals surface area contributed by atoms with E-state index in [1.807, 2.05) is 6.92 Å². The summed E-state index contributed by atoms with van der Waals surface area (Å²) in [6.07, 6.45) is 2.42. The van der Waals surface area contributed by atoms with Crippen molar-refractivity contribution < 1.29 is 4.79 Å². The van der Waals surface area contributed by atoms with Gasteiger partial charge in [-0.15, -0.1) is 0 Å². The first-order chi connectivity index (χ1) is 5.84. The fraction of sp³-hybridized carbons (Fsp3) is 0.417. The topological polar surface area (TPSA) is 17.1 Å². The molecule has 0 N–H and O–H groups in total. The molecule has 1 aliphatic carbocycles. The number of carbonyl (C=O) groups excluding carboxylic acids is 1. The SMILES string of the molecule is C=C(C)C1=CC(=O)C(=C)CC1(C)C. The molecule has 0 atom stereocenters. The van der Waals surface area contributed by atoms with Crippen LogP contribution in [0.25, 0.3) is 0 Å². The molecule has 1 rings (SSSR count). The van der Waals surface area contributed by atoms with Gasteiger partial charge in [0.25, 0.3) is 0 Å². The molecule has 0 aliphatic heterocycles.